The fourth-order valence-corrected chi connectivity index (χ4v) is 1.88. The van der Waals surface area contributed by atoms with Gasteiger partial charge in [0.15, 0.2) is 0 Å². The van der Waals surface area contributed by atoms with Crippen LogP contribution in [0.1, 0.15) is 18.5 Å². The van der Waals surface area contributed by atoms with Gasteiger partial charge in [-0.2, -0.15) is 0 Å². The molecule has 0 saturated heterocycles. The van der Waals surface area contributed by atoms with E-state index >= 15 is 0 Å². The summed E-state index contributed by atoms with van der Waals surface area (Å²) in [6.07, 6.45) is -0.733. The van der Waals surface area contributed by atoms with E-state index in [0.717, 1.165) is 0 Å². The molecule has 2 atom stereocenters. The van der Waals surface area contributed by atoms with Crippen molar-refractivity contribution in [3.8, 4) is 0 Å². The third-order valence-corrected chi connectivity index (χ3v) is 3.08. The average Bonchev–Trinajstić information content (AvgIpc) is 2.12. The zero-order valence-corrected chi connectivity index (χ0v) is 9.74. The highest BCUT2D eigenvalue weighted by Gasteiger charge is 2.20. The molecule has 0 fully saturated rings. The van der Waals surface area contributed by atoms with Gasteiger partial charge in [-0.15, -0.1) is 0 Å². The van der Waals surface area contributed by atoms with Crippen molar-refractivity contribution >= 4 is 34.8 Å². The van der Waals surface area contributed by atoms with Crippen molar-refractivity contribution in [1.29, 1.82) is 0 Å². The molecule has 0 aliphatic rings. The molecule has 0 spiro atoms. The van der Waals surface area contributed by atoms with Gasteiger partial charge in [-0.05, 0) is 19.1 Å². The van der Waals surface area contributed by atoms with Crippen molar-refractivity contribution in [2.45, 2.75) is 19.1 Å². The summed E-state index contributed by atoms with van der Waals surface area (Å²) in [6, 6.07) is 2.56. The van der Waals surface area contributed by atoms with Gasteiger partial charge in [0.05, 0.1) is 22.2 Å². The average molecular weight is 255 g/mol. The molecule has 0 aliphatic carbocycles. The molecule has 5 heteroatoms. The number of nitrogens with two attached hydrogens (primary N) is 1. The smallest absolute Gasteiger partial charge is 0.0705 e. The maximum absolute atomic E-state index is 9.33. The Morgan fingerprint density at radius 3 is 2.21 bits per heavy atom. The highest BCUT2D eigenvalue weighted by Crippen LogP contribution is 2.35. The van der Waals surface area contributed by atoms with Gasteiger partial charge in [-0.25, -0.2) is 0 Å². The summed E-state index contributed by atoms with van der Waals surface area (Å²) in [5, 5.41) is 10.4. The monoisotopic (exact) mass is 253 g/mol. The highest BCUT2D eigenvalue weighted by atomic mass is 35.5. The Hall–Kier alpha value is 0.01000. The summed E-state index contributed by atoms with van der Waals surface area (Å²) >= 11 is 17.6. The van der Waals surface area contributed by atoms with E-state index in [9.17, 15) is 5.11 Å². The van der Waals surface area contributed by atoms with E-state index in [4.69, 9.17) is 40.5 Å². The lowest BCUT2D eigenvalue weighted by molar-refractivity contribution is 0.164. The van der Waals surface area contributed by atoms with E-state index < -0.39 is 12.1 Å². The molecule has 2 nitrogen and oxygen atoms in total. The first-order valence-electron chi connectivity index (χ1n) is 4.02. The van der Waals surface area contributed by atoms with Gasteiger partial charge in [-0.3, -0.25) is 0 Å². The van der Waals surface area contributed by atoms with Crippen LogP contribution in [0, 0.1) is 0 Å². The van der Waals surface area contributed by atoms with Crippen LogP contribution in [0.15, 0.2) is 12.1 Å². The first kappa shape index (κ1) is 12.1. The third kappa shape index (κ3) is 2.33. The summed E-state index contributed by atoms with van der Waals surface area (Å²) in [7, 11) is 0. The Bertz CT molecular complexity index is 341. The Morgan fingerprint density at radius 1 is 1.21 bits per heavy atom. The molecule has 1 aromatic rings. The minimum atomic E-state index is -0.733. The topological polar surface area (TPSA) is 46.2 Å². The maximum Gasteiger partial charge on any atom is 0.0705 e. The number of rotatable bonds is 2. The SMILES string of the molecule is C[C@@H](O)[C@@H](N)c1c(Cl)ccc(Cl)c1Cl. The molecule has 1 rings (SSSR count). The lowest BCUT2D eigenvalue weighted by Crippen LogP contribution is -2.23. The van der Waals surface area contributed by atoms with E-state index in [1.807, 2.05) is 0 Å². The van der Waals surface area contributed by atoms with E-state index in [-0.39, 0.29) is 0 Å². The van der Waals surface area contributed by atoms with Crippen molar-refractivity contribution in [2.75, 3.05) is 0 Å². The van der Waals surface area contributed by atoms with Crippen LogP contribution in [-0.4, -0.2) is 11.2 Å². The van der Waals surface area contributed by atoms with Crippen LogP contribution in [0.4, 0.5) is 0 Å². The molecule has 14 heavy (non-hydrogen) atoms. The van der Waals surface area contributed by atoms with E-state index in [0.29, 0.717) is 20.6 Å². The van der Waals surface area contributed by atoms with E-state index in [1.165, 1.54) is 0 Å². The Balaban J connectivity index is 3.25. The lowest BCUT2D eigenvalue weighted by atomic mass is 10.0. The summed E-state index contributed by atoms with van der Waals surface area (Å²) in [6.45, 7) is 1.57. The first-order chi connectivity index (χ1) is 6.45. The molecule has 0 radical (unpaired) electrons. The Labute approximate surface area is 97.6 Å². The molecule has 0 unspecified atom stereocenters. The van der Waals surface area contributed by atoms with Crippen LogP contribution in [0.3, 0.4) is 0 Å². The van der Waals surface area contributed by atoms with Gasteiger partial charge < -0.3 is 10.8 Å². The lowest BCUT2D eigenvalue weighted by Gasteiger charge is -2.18. The van der Waals surface area contributed by atoms with Gasteiger partial charge in [0.2, 0.25) is 0 Å². The molecule has 0 saturated carbocycles. The molecular formula is C9H10Cl3NO. The fourth-order valence-electron chi connectivity index (χ4n) is 1.09. The van der Waals surface area contributed by atoms with Crippen molar-refractivity contribution in [3.05, 3.63) is 32.8 Å². The molecule has 0 heterocycles. The summed E-state index contributed by atoms with van der Waals surface area (Å²) in [4.78, 5) is 0. The second kappa shape index (κ2) is 4.69. The van der Waals surface area contributed by atoms with Crippen LogP contribution in [0.5, 0.6) is 0 Å². The molecular weight excluding hydrogens is 244 g/mol. The van der Waals surface area contributed by atoms with E-state index in [2.05, 4.69) is 0 Å². The normalized spacial score (nSPS) is 15.3. The molecule has 0 aromatic heterocycles. The zero-order valence-electron chi connectivity index (χ0n) is 7.47. The summed E-state index contributed by atoms with van der Waals surface area (Å²) in [5.41, 5.74) is 6.21. The van der Waals surface area contributed by atoms with Crippen molar-refractivity contribution < 1.29 is 5.11 Å². The minimum absolute atomic E-state index is 0.299. The van der Waals surface area contributed by atoms with Gasteiger partial charge in [0.1, 0.15) is 0 Å². The van der Waals surface area contributed by atoms with Crippen LogP contribution >= 0.6 is 34.8 Å². The number of halogens is 3. The predicted molar refractivity (Wildman–Crippen MR) is 60.1 cm³/mol. The standard InChI is InChI=1S/C9H10Cl3NO/c1-4(14)9(13)7-5(10)2-3-6(11)8(7)12/h2-4,9,14H,13H2,1H3/t4-,9-/m1/s1. The van der Waals surface area contributed by atoms with Crippen LogP contribution < -0.4 is 5.73 Å². The maximum atomic E-state index is 9.33. The number of hydrogen-bond acceptors (Lipinski definition) is 2. The predicted octanol–water partition coefficient (Wildman–Crippen LogP) is 3.03. The highest BCUT2D eigenvalue weighted by molar-refractivity contribution is 6.44. The fraction of sp³-hybridized carbons (Fsp3) is 0.333. The second-order valence-electron chi connectivity index (χ2n) is 3.02. The zero-order chi connectivity index (χ0) is 10.9. The third-order valence-electron chi connectivity index (χ3n) is 1.93. The summed E-state index contributed by atoms with van der Waals surface area (Å²) < 4.78 is 0. The number of aliphatic hydroxyl groups excluding tert-OH is 1. The van der Waals surface area contributed by atoms with Gasteiger partial charge in [0.25, 0.3) is 0 Å². The molecule has 1 aromatic carbocycles. The Kier molecular flexibility index (Phi) is 4.04. The molecule has 0 amide bonds. The molecule has 78 valence electrons. The van der Waals surface area contributed by atoms with Crippen molar-refractivity contribution in [3.63, 3.8) is 0 Å². The number of aliphatic hydroxyl groups is 1. The van der Waals surface area contributed by atoms with Gasteiger partial charge >= 0.3 is 0 Å². The molecule has 0 bridgehead atoms. The van der Waals surface area contributed by atoms with Crippen LogP contribution in [-0.2, 0) is 0 Å². The van der Waals surface area contributed by atoms with E-state index in [1.54, 1.807) is 19.1 Å². The quantitative estimate of drug-likeness (QED) is 0.797. The molecule has 0 aliphatic heterocycles. The summed E-state index contributed by atoms with van der Waals surface area (Å²) in [5.74, 6) is 0. The first-order valence-corrected chi connectivity index (χ1v) is 5.15. The van der Waals surface area contributed by atoms with Crippen molar-refractivity contribution in [2.24, 2.45) is 5.73 Å². The van der Waals surface area contributed by atoms with Crippen molar-refractivity contribution in [1.82, 2.24) is 0 Å². The number of benzene rings is 1. The van der Waals surface area contributed by atoms with Gasteiger partial charge in [-0.1, -0.05) is 34.8 Å². The second-order valence-corrected chi connectivity index (χ2v) is 4.22. The van der Waals surface area contributed by atoms with Gasteiger partial charge in [0, 0.05) is 10.6 Å². The largest absolute Gasteiger partial charge is 0.391 e. The van der Waals surface area contributed by atoms with Crippen LogP contribution in [0.2, 0.25) is 15.1 Å². The number of hydrogen-bond donors (Lipinski definition) is 2. The molecule has 3 N–H and O–H groups in total. The van der Waals surface area contributed by atoms with Crippen LogP contribution in [0.25, 0.3) is 0 Å². The Morgan fingerprint density at radius 2 is 1.71 bits per heavy atom. The minimum Gasteiger partial charge on any atom is -0.391 e.